The smallest absolute Gasteiger partial charge is 0.234 e. The SMILES string of the molecule is C=CCn1c(COc2cc(C)cc(C)c2)nnc1SCC(=O)Nc1ccc(Cl)cc1. The molecule has 0 aliphatic carbocycles. The molecule has 1 N–H and O–H groups in total. The molecule has 0 saturated carbocycles. The number of hydrogen-bond donors (Lipinski definition) is 1. The maximum absolute atomic E-state index is 12.3. The second kappa shape index (κ2) is 10.3. The van der Waals surface area contributed by atoms with Crippen molar-refractivity contribution in [1.82, 2.24) is 14.8 Å². The molecule has 3 aromatic rings. The van der Waals surface area contributed by atoms with E-state index >= 15 is 0 Å². The Kier molecular flexibility index (Phi) is 7.54. The first-order valence-electron chi connectivity index (χ1n) is 9.37. The number of benzene rings is 2. The first kappa shape index (κ1) is 21.9. The number of thioether (sulfide) groups is 1. The van der Waals surface area contributed by atoms with Crippen molar-refractivity contribution < 1.29 is 9.53 Å². The summed E-state index contributed by atoms with van der Waals surface area (Å²) in [5.41, 5.74) is 2.97. The molecule has 0 atom stereocenters. The first-order chi connectivity index (χ1) is 14.4. The molecule has 0 aliphatic heterocycles. The summed E-state index contributed by atoms with van der Waals surface area (Å²) in [5.74, 6) is 1.53. The molecule has 1 aromatic heterocycles. The van der Waals surface area contributed by atoms with Gasteiger partial charge in [-0.1, -0.05) is 35.5 Å². The van der Waals surface area contributed by atoms with E-state index in [1.165, 1.54) is 11.8 Å². The molecule has 156 valence electrons. The number of nitrogens with one attached hydrogen (secondary N) is 1. The number of rotatable bonds is 9. The second-order valence-corrected chi connectivity index (χ2v) is 8.13. The topological polar surface area (TPSA) is 69.0 Å². The second-order valence-electron chi connectivity index (χ2n) is 6.75. The zero-order valence-corrected chi connectivity index (χ0v) is 18.5. The van der Waals surface area contributed by atoms with Crippen LogP contribution in [-0.2, 0) is 17.9 Å². The van der Waals surface area contributed by atoms with Crippen LogP contribution in [0.1, 0.15) is 17.0 Å². The van der Waals surface area contributed by atoms with E-state index in [1.54, 1.807) is 30.3 Å². The number of ether oxygens (including phenoxy) is 1. The van der Waals surface area contributed by atoms with Crippen molar-refractivity contribution in [3.05, 3.63) is 77.1 Å². The van der Waals surface area contributed by atoms with Crippen molar-refractivity contribution in [2.24, 2.45) is 0 Å². The molecule has 1 amide bonds. The fraction of sp³-hybridized carbons (Fsp3) is 0.227. The minimum Gasteiger partial charge on any atom is -0.486 e. The summed E-state index contributed by atoms with van der Waals surface area (Å²) in [5, 5.41) is 12.6. The van der Waals surface area contributed by atoms with Crippen molar-refractivity contribution in [1.29, 1.82) is 0 Å². The Hall–Kier alpha value is -2.77. The van der Waals surface area contributed by atoms with Crippen LogP contribution < -0.4 is 10.1 Å². The van der Waals surface area contributed by atoms with Crippen LogP contribution in [0.25, 0.3) is 0 Å². The number of allylic oxidation sites excluding steroid dienone is 1. The number of nitrogens with zero attached hydrogens (tertiary/aromatic N) is 3. The number of amides is 1. The van der Waals surface area contributed by atoms with E-state index in [0.717, 1.165) is 16.9 Å². The van der Waals surface area contributed by atoms with Gasteiger partial charge < -0.3 is 10.1 Å². The Bertz CT molecular complexity index is 1010. The van der Waals surface area contributed by atoms with Crippen molar-refractivity contribution in [3.63, 3.8) is 0 Å². The summed E-state index contributed by atoms with van der Waals surface area (Å²) in [4.78, 5) is 12.3. The highest BCUT2D eigenvalue weighted by Gasteiger charge is 2.14. The molecular weight excluding hydrogens is 420 g/mol. The third-order valence-electron chi connectivity index (χ3n) is 4.13. The van der Waals surface area contributed by atoms with Crippen LogP contribution in [-0.4, -0.2) is 26.4 Å². The zero-order chi connectivity index (χ0) is 21.5. The third kappa shape index (κ3) is 6.11. The van der Waals surface area contributed by atoms with E-state index in [0.29, 0.717) is 28.2 Å². The zero-order valence-electron chi connectivity index (χ0n) is 16.9. The van der Waals surface area contributed by atoms with E-state index in [4.69, 9.17) is 16.3 Å². The number of carbonyl (C=O) groups excluding carboxylic acids is 1. The summed E-state index contributed by atoms with van der Waals surface area (Å²) < 4.78 is 7.81. The Morgan fingerprint density at radius 3 is 2.57 bits per heavy atom. The maximum Gasteiger partial charge on any atom is 0.234 e. The molecule has 0 spiro atoms. The standard InChI is InChI=1S/C22H23ClN4O2S/c1-4-9-27-20(13-29-19-11-15(2)10-16(3)12-19)25-26-22(27)30-14-21(28)24-18-7-5-17(23)6-8-18/h4-8,10-12H,1,9,13-14H2,2-3H3,(H,24,28). The Balaban J connectivity index is 1.62. The van der Waals surface area contributed by atoms with Crippen LogP contribution in [0.4, 0.5) is 5.69 Å². The van der Waals surface area contributed by atoms with Crippen molar-refractivity contribution in [2.75, 3.05) is 11.1 Å². The largest absolute Gasteiger partial charge is 0.486 e. The number of halogens is 1. The predicted molar refractivity (Wildman–Crippen MR) is 121 cm³/mol. The molecule has 2 aromatic carbocycles. The molecular formula is C22H23ClN4O2S. The highest BCUT2D eigenvalue weighted by Crippen LogP contribution is 2.21. The van der Waals surface area contributed by atoms with Crippen LogP contribution in [0.15, 0.2) is 60.3 Å². The highest BCUT2D eigenvalue weighted by atomic mass is 35.5. The van der Waals surface area contributed by atoms with Gasteiger partial charge in [-0.05, 0) is 61.4 Å². The van der Waals surface area contributed by atoms with E-state index in [-0.39, 0.29) is 18.3 Å². The molecule has 0 aliphatic rings. The van der Waals surface area contributed by atoms with E-state index in [2.05, 4.69) is 28.2 Å². The minimum atomic E-state index is -0.136. The molecule has 8 heteroatoms. The Labute approximate surface area is 185 Å². The van der Waals surface area contributed by atoms with Gasteiger partial charge in [0.15, 0.2) is 11.0 Å². The Morgan fingerprint density at radius 1 is 1.20 bits per heavy atom. The fourth-order valence-electron chi connectivity index (χ4n) is 2.87. The third-order valence-corrected chi connectivity index (χ3v) is 5.35. The van der Waals surface area contributed by atoms with E-state index < -0.39 is 0 Å². The molecule has 30 heavy (non-hydrogen) atoms. The van der Waals surface area contributed by atoms with Crippen LogP contribution in [0.3, 0.4) is 0 Å². The lowest BCUT2D eigenvalue weighted by atomic mass is 10.1. The van der Waals surface area contributed by atoms with Gasteiger partial charge in [-0.2, -0.15) is 0 Å². The van der Waals surface area contributed by atoms with E-state index in [9.17, 15) is 4.79 Å². The molecule has 0 saturated heterocycles. The van der Waals surface area contributed by atoms with E-state index in [1.807, 2.05) is 30.5 Å². The summed E-state index contributed by atoms with van der Waals surface area (Å²) in [6, 6.07) is 13.0. The summed E-state index contributed by atoms with van der Waals surface area (Å²) in [7, 11) is 0. The maximum atomic E-state index is 12.3. The lowest BCUT2D eigenvalue weighted by Gasteiger charge is -2.10. The average Bonchev–Trinajstić information content (AvgIpc) is 3.08. The summed E-state index contributed by atoms with van der Waals surface area (Å²) in [6.45, 7) is 8.67. The minimum absolute atomic E-state index is 0.136. The van der Waals surface area contributed by atoms with Gasteiger partial charge in [0.1, 0.15) is 12.4 Å². The van der Waals surface area contributed by atoms with Gasteiger partial charge in [-0.15, -0.1) is 16.8 Å². The van der Waals surface area contributed by atoms with Gasteiger partial charge in [-0.25, -0.2) is 0 Å². The van der Waals surface area contributed by atoms with Crippen LogP contribution in [0.2, 0.25) is 5.02 Å². The van der Waals surface area contributed by atoms with Crippen molar-refractivity contribution in [3.8, 4) is 5.75 Å². The summed E-state index contributed by atoms with van der Waals surface area (Å²) >= 11 is 7.18. The van der Waals surface area contributed by atoms with Crippen LogP contribution in [0.5, 0.6) is 5.75 Å². The molecule has 0 fully saturated rings. The van der Waals surface area contributed by atoms with Gasteiger partial charge >= 0.3 is 0 Å². The molecule has 0 bridgehead atoms. The fourth-order valence-corrected chi connectivity index (χ4v) is 3.76. The number of aromatic nitrogens is 3. The number of anilines is 1. The number of aryl methyl sites for hydroxylation is 2. The van der Waals surface area contributed by atoms with Gasteiger partial charge in [0.2, 0.25) is 5.91 Å². The lowest BCUT2D eigenvalue weighted by Crippen LogP contribution is -2.15. The number of hydrogen-bond acceptors (Lipinski definition) is 5. The molecule has 3 rings (SSSR count). The molecule has 0 unspecified atom stereocenters. The quantitative estimate of drug-likeness (QED) is 0.371. The Morgan fingerprint density at radius 2 is 1.90 bits per heavy atom. The highest BCUT2D eigenvalue weighted by molar-refractivity contribution is 7.99. The molecule has 1 heterocycles. The van der Waals surface area contributed by atoms with Crippen molar-refractivity contribution >= 4 is 35.0 Å². The lowest BCUT2D eigenvalue weighted by molar-refractivity contribution is -0.113. The van der Waals surface area contributed by atoms with Crippen LogP contribution in [0, 0.1) is 13.8 Å². The van der Waals surface area contributed by atoms with Crippen molar-refractivity contribution in [2.45, 2.75) is 32.2 Å². The van der Waals surface area contributed by atoms with Gasteiger partial charge in [0.05, 0.1) is 5.75 Å². The molecule has 0 radical (unpaired) electrons. The van der Waals surface area contributed by atoms with Gasteiger partial charge in [0, 0.05) is 17.3 Å². The monoisotopic (exact) mass is 442 g/mol. The summed E-state index contributed by atoms with van der Waals surface area (Å²) in [6.07, 6.45) is 1.77. The molecule has 6 nitrogen and oxygen atoms in total. The normalized spacial score (nSPS) is 10.6. The van der Waals surface area contributed by atoms with Gasteiger partial charge in [-0.3, -0.25) is 9.36 Å². The van der Waals surface area contributed by atoms with Gasteiger partial charge in [0.25, 0.3) is 0 Å². The predicted octanol–water partition coefficient (Wildman–Crippen LogP) is 5.04. The number of carbonyl (C=O) groups is 1. The average molecular weight is 443 g/mol. The van der Waals surface area contributed by atoms with Crippen LogP contribution >= 0.6 is 23.4 Å². The first-order valence-corrected chi connectivity index (χ1v) is 10.7.